The van der Waals surface area contributed by atoms with E-state index in [4.69, 9.17) is 9.84 Å². The minimum atomic E-state index is -0.751. The number of ether oxygens (including phenoxy) is 1. The van der Waals surface area contributed by atoms with Gasteiger partial charge in [0.05, 0.1) is 13.0 Å². The first kappa shape index (κ1) is 23.7. The lowest BCUT2D eigenvalue weighted by atomic mass is 9.98. The molecule has 6 nitrogen and oxygen atoms in total. The Hall–Kier alpha value is -3.48. The molecule has 0 fully saturated rings. The summed E-state index contributed by atoms with van der Waals surface area (Å²) in [5.41, 5.74) is 4.53. The molecule has 0 saturated carbocycles. The predicted octanol–water partition coefficient (Wildman–Crippen LogP) is 5.31. The SMILES string of the molecule is Cc1ccc(-c2ncc(C)c(N(C)CCCOc3ccc4c(c3)CC[C@H]4CC(=O)O)n2)cc1F. The molecule has 4 rings (SSSR count). The third-order valence-corrected chi connectivity index (χ3v) is 6.38. The summed E-state index contributed by atoms with van der Waals surface area (Å²) >= 11 is 0. The zero-order chi connectivity index (χ0) is 24.2. The van der Waals surface area contributed by atoms with Gasteiger partial charge in [-0.3, -0.25) is 4.79 Å². The number of fused-ring (bicyclic) bond motifs is 1. The molecule has 34 heavy (non-hydrogen) atoms. The van der Waals surface area contributed by atoms with Gasteiger partial charge in [0, 0.05) is 30.9 Å². The van der Waals surface area contributed by atoms with Gasteiger partial charge in [-0.25, -0.2) is 14.4 Å². The number of halogens is 1. The van der Waals surface area contributed by atoms with Crippen LogP contribution >= 0.6 is 0 Å². The Balaban J connectivity index is 1.33. The van der Waals surface area contributed by atoms with Crippen LogP contribution in [0.25, 0.3) is 11.4 Å². The molecule has 1 aliphatic carbocycles. The van der Waals surface area contributed by atoms with E-state index in [0.29, 0.717) is 23.6 Å². The van der Waals surface area contributed by atoms with Gasteiger partial charge >= 0.3 is 5.97 Å². The van der Waals surface area contributed by atoms with E-state index in [2.05, 4.69) is 14.9 Å². The number of anilines is 1. The molecular weight excluding hydrogens is 433 g/mol. The van der Waals surface area contributed by atoms with Gasteiger partial charge in [-0.05, 0) is 73.9 Å². The van der Waals surface area contributed by atoms with E-state index in [0.717, 1.165) is 48.5 Å². The van der Waals surface area contributed by atoms with Crippen LogP contribution in [-0.4, -0.2) is 41.2 Å². The number of benzene rings is 2. The highest BCUT2D eigenvalue weighted by atomic mass is 19.1. The normalized spacial score (nSPS) is 14.6. The maximum atomic E-state index is 14.0. The Morgan fingerprint density at radius 1 is 1.21 bits per heavy atom. The van der Waals surface area contributed by atoms with E-state index in [9.17, 15) is 9.18 Å². The van der Waals surface area contributed by atoms with Crippen LogP contribution in [0.4, 0.5) is 10.2 Å². The number of carboxylic acids is 1. The van der Waals surface area contributed by atoms with E-state index in [1.807, 2.05) is 38.2 Å². The number of nitrogens with zero attached hydrogens (tertiary/aromatic N) is 3. The highest BCUT2D eigenvalue weighted by Crippen LogP contribution is 2.37. The van der Waals surface area contributed by atoms with Crippen LogP contribution in [0.2, 0.25) is 0 Å². The quantitative estimate of drug-likeness (QED) is 0.434. The van der Waals surface area contributed by atoms with Crippen molar-refractivity contribution in [2.24, 2.45) is 0 Å². The second kappa shape index (κ2) is 10.2. The van der Waals surface area contributed by atoms with E-state index in [-0.39, 0.29) is 18.2 Å². The number of hydrogen-bond donors (Lipinski definition) is 1. The molecule has 0 aliphatic heterocycles. The Bertz CT molecular complexity index is 1200. The maximum Gasteiger partial charge on any atom is 0.303 e. The molecule has 0 amide bonds. The van der Waals surface area contributed by atoms with Gasteiger partial charge in [0.25, 0.3) is 0 Å². The number of aliphatic carboxylic acids is 1. The van der Waals surface area contributed by atoms with Crippen molar-refractivity contribution in [1.82, 2.24) is 9.97 Å². The third kappa shape index (κ3) is 5.35. The van der Waals surface area contributed by atoms with Crippen LogP contribution in [-0.2, 0) is 11.2 Å². The van der Waals surface area contributed by atoms with Crippen molar-refractivity contribution in [3.05, 3.63) is 70.7 Å². The molecule has 1 heterocycles. The average molecular weight is 464 g/mol. The molecule has 1 atom stereocenters. The van der Waals surface area contributed by atoms with Gasteiger partial charge in [0.1, 0.15) is 17.4 Å². The Morgan fingerprint density at radius 2 is 2.03 bits per heavy atom. The molecule has 0 spiro atoms. The summed E-state index contributed by atoms with van der Waals surface area (Å²) < 4.78 is 20.0. The molecule has 178 valence electrons. The Morgan fingerprint density at radius 3 is 2.79 bits per heavy atom. The van der Waals surface area contributed by atoms with E-state index >= 15 is 0 Å². The lowest BCUT2D eigenvalue weighted by Crippen LogP contribution is -2.22. The molecule has 0 radical (unpaired) electrons. The molecule has 1 aromatic heterocycles. The van der Waals surface area contributed by atoms with Gasteiger partial charge in [0.2, 0.25) is 0 Å². The second-order valence-corrected chi connectivity index (χ2v) is 8.98. The van der Waals surface area contributed by atoms with Crippen molar-refractivity contribution in [2.45, 2.75) is 45.4 Å². The summed E-state index contributed by atoms with van der Waals surface area (Å²) in [5.74, 6) is 1.22. The van der Waals surface area contributed by atoms with E-state index in [1.165, 1.54) is 11.6 Å². The van der Waals surface area contributed by atoms with Gasteiger partial charge < -0.3 is 14.7 Å². The second-order valence-electron chi connectivity index (χ2n) is 8.98. The van der Waals surface area contributed by atoms with Crippen molar-refractivity contribution >= 4 is 11.8 Å². The van der Waals surface area contributed by atoms with Crippen LogP contribution in [0, 0.1) is 19.7 Å². The third-order valence-electron chi connectivity index (χ3n) is 6.38. The minimum absolute atomic E-state index is 0.104. The topological polar surface area (TPSA) is 75.6 Å². The van der Waals surface area contributed by atoms with Gasteiger partial charge in [-0.15, -0.1) is 0 Å². The average Bonchev–Trinajstić information content (AvgIpc) is 3.20. The number of aromatic nitrogens is 2. The van der Waals surface area contributed by atoms with Gasteiger partial charge in [-0.2, -0.15) is 0 Å². The first-order chi connectivity index (χ1) is 16.3. The Labute approximate surface area is 199 Å². The van der Waals surface area contributed by atoms with Crippen molar-refractivity contribution in [3.8, 4) is 17.1 Å². The highest BCUT2D eigenvalue weighted by Gasteiger charge is 2.24. The number of carboxylic acid groups (broad SMARTS) is 1. The number of hydrogen-bond acceptors (Lipinski definition) is 5. The van der Waals surface area contributed by atoms with Crippen molar-refractivity contribution in [3.63, 3.8) is 0 Å². The predicted molar refractivity (Wildman–Crippen MR) is 130 cm³/mol. The summed E-state index contributed by atoms with van der Waals surface area (Å²) in [6.45, 7) is 4.99. The minimum Gasteiger partial charge on any atom is -0.494 e. The zero-order valence-corrected chi connectivity index (χ0v) is 19.8. The molecule has 1 N–H and O–H groups in total. The monoisotopic (exact) mass is 463 g/mol. The standard InChI is InChI=1S/C27H30FN3O3/c1-17-5-6-21(14-24(17)28)26-29-16-18(2)27(30-26)31(3)11-4-12-34-22-9-10-23-19(13-22)7-8-20(23)15-25(32)33/h5-6,9-10,13-14,16,20H,4,7-8,11-12,15H2,1-3H3,(H,32,33)/t20-/m0/s1. The molecule has 0 bridgehead atoms. The van der Waals surface area contributed by atoms with Crippen LogP contribution < -0.4 is 9.64 Å². The Kier molecular flexibility index (Phi) is 7.10. The lowest BCUT2D eigenvalue weighted by Gasteiger charge is -2.21. The first-order valence-electron chi connectivity index (χ1n) is 11.6. The highest BCUT2D eigenvalue weighted by molar-refractivity contribution is 5.68. The molecular formula is C27H30FN3O3. The molecule has 0 unspecified atom stereocenters. The van der Waals surface area contributed by atoms with Crippen molar-refractivity contribution < 1.29 is 19.0 Å². The number of rotatable bonds is 9. The van der Waals surface area contributed by atoms with E-state index in [1.54, 1.807) is 19.2 Å². The van der Waals surface area contributed by atoms with Gasteiger partial charge in [0.15, 0.2) is 5.82 Å². The fourth-order valence-corrected chi connectivity index (χ4v) is 4.48. The molecule has 2 aromatic carbocycles. The van der Waals surface area contributed by atoms with Crippen LogP contribution in [0.1, 0.15) is 47.4 Å². The van der Waals surface area contributed by atoms with Crippen LogP contribution in [0.5, 0.6) is 5.75 Å². The smallest absolute Gasteiger partial charge is 0.303 e. The molecule has 3 aromatic rings. The molecule has 7 heteroatoms. The van der Waals surface area contributed by atoms with Crippen molar-refractivity contribution in [2.75, 3.05) is 25.1 Å². The van der Waals surface area contributed by atoms with Crippen LogP contribution in [0.3, 0.4) is 0 Å². The van der Waals surface area contributed by atoms with Gasteiger partial charge in [-0.1, -0.05) is 18.2 Å². The number of aryl methyl sites for hydroxylation is 3. The van der Waals surface area contributed by atoms with Crippen LogP contribution in [0.15, 0.2) is 42.6 Å². The fourth-order valence-electron chi connectivity index (χ4n) is 4.48. The van der Waals surface area contributed by atoms with E-state index < -0.39 is 5.97 Å². The summed E-state index contributed by atoms with van der Waals surface area (Å²) in [7, 11) is 1.98. The maximum absolute atomic E-state index is 14.0. The summed E-state index contributed by atoms with van der Waals surface area (Å²) in [5, 5.41) is 9.08. The first-order valence-corrected chi connectivity index (χ1v) is 11.6. The summed E-state index contributed by atoms with van der Waals surface area (Å²) in [6, 6.07) is 11.0. The summed E-state index contributed by atoms with van der Waals surface area (Å²) in [4.78, 5) is 22.2. The van der Waals surface area contributed by atoms with Crippen molar-refractivity contribution in [1.29, 1.82) is 0 Å². The fraction of sp³-hybridized carbons (Fsp3) is 0.370. The number of carbonyl (C=O) groups is 1. The summed E-state index contributed by atoms with van der Waals surface area (Å²) in [6.07, 6.45) is 4.53. The zero-order valence-electron chi connectivity index (χ0n) is 19.8. The lowest BCUT2D eigenvalue weighted by molar-refractivity contribution is -0.137. The largest absolute Gasteiger partial charge is 0.494 e. The molecule has 1 aliphatic rings. The molecule has 0 saturated heterocycles.